The maximum absolute atomic E-state index is 12.4. The van der Waals surface area contributed by atoms with Crippen molar-refractivity contribution in [3.63, 3.8) is 0 Å². The lowest BCUT2D eigenvalue weighted by Gasteiger charge is -2.14. The van der Waals surface area contributed by atoms with E-state index < -0.39 is 0 Å². The van der Waals surface area contributed by atoms with Gasteiger partial charge in [-0.15, -0.1) is 11.3 Å². The molecule has 5 nitrogen and oxygen atoms in total. The van der Waals surface area contributed by atoms with E-state index >= 15 is 0 Å². The molecule has 3 aromatic rings. The normalized spacial score (nSPS) is 12.1. The Balaban J connectivity index is 1.64. The molecule has 1 amide bonds. The summed E-state index contributed by atoms with van der Waals surface area (Å²) in [6, 6.07) is 9.81. The largest absolute Gasteiger partial charge is 0.349 e. The first-order valence-electron chi connectivity index (χ1n) is 7.95. The summed E-state index contributed by atoms with van der Waals surface area (Å²) in [7, 11) is 0. The van der Waals surface area contributed by atoms with Crippen LogP contribution in [0.25, 0.3) is 10.6 Å². The predicted octanol–water partition coefficient (Wildman–Crippen LogP) is 3.58. The van der Waals surface area contributed by atoms with Crippen molar-refractivity contribution >= 4 is 17.2 Å². The van der Waals surface area contributed by atoms with Gasteiger partial charge in [-0.2, -0.15) is 5.10 Å². The van der Waals surface area contributed by atoms with Crippen LogP contribution in [0, 0.1) is 6.92 Å². The molecule has 0 fully saturated rings. The Labute approximate surface area is 145 Å². The number of nitrogens with one attached hydrogen (secondary N) is 1. The molecule has 1 N–H and O–H groups in total. The Morgan fingerprint density at radius 1 is 1.38 bits per heavy atom. The van der Waals surface area contributed by atoms with E-state index in [-0.39, 0.29) is 11.9 Å². The van der Waals surface area contributed by atoms with Gasteiger partial charge in [0.15, 0.2) is 0 Å². The quantitative estimate of drug-likeness (QED) is 0.746. The number of carbonyl (C=O) groups excluding carboxylic acids is 1. The first-order valence-corrected chi connectivity index (χ1v) is 8.83. The smallest absolute Gasteiger partial charge is 0.245 e. The van der Waals surface area contributed by atoms with Crippen LogP contribution in [0.5, 0.6) is 0 Å². The number of carbonyl (C=O) groups is 1. The van der Waals surface area contributed by atoms with Crippen LogP contribution in [-0.4, -0.2) is 20.7 Å². The number of aryl methyl sites for hydroxylation is 1. The summed E-state index contributed by atoms with van der Waals surface area (Å²) in [5.41, 5.74) is 3.20. The Morgan fingerprint density at radius 3 is 2.96 bits per heavy atom. The summed E-state index contributed by atoms with van der Waals surface area (Å²) >= 11 is 1.59. The van der Waals surface area contributed by atoms with Crippen molar-refractivity contribution in [2.75, 3.05) is 0 Å². The van der Waals surface area contributed by atoms with Crippen molar-refractivity contribution in [1.29, 1.82) is 0 Å². The topological polar surface area (TPSA) is 59.8 Å². The van der Waals surface area contributed by atoms with Gasteiger partial charge in [-0.3, -0.25) is 9.48 Å². The minimum atomic E-state index is -0.283. The highest BCUT2D eigenvalue weighted by Crippen LogP contribution is 2.24. The lowest BCUT2D eigenvalue weighted by molar-refractivity contribution is -0.124. The van der Waals surface area contributed by atoms with Crippen molar-refractivity contribution in [2.24, 2.45) is 0 Å². The molecule has 0 aliphatic carbocycles. The Bertz CT molecular complexity index is 810. The SMILES string of the molecule is CC[C@H](C(=O)NCc1csc(-c2cccc(C)c2)n1)n1cccn1. The molecule has 1 aromatic carbocycles. The Kier molecular flexibility index (Phi) is 5.05. The monoisotopic (exact) mass is 340 g/mol. The van der Waals surface area contributed by atoms with Crippen molar-refractivity contribution in [1.82, 2.24) is 20.1 Å². The van der Waals surface area contributed by atoms with Crippen LogP contribution < -0.4 is 5.32 Å². The number of hydrogen-bond donors (Lipinski definition) is 1. The minimum absolute atomic E-state index is 0.0358. The van der Waals surface area contributed by atoms with E-state index in [1.54, 1.807) is 22.2 Å². The fourth-order valence-electron chi connectivity index (χ4n) is 2.55. The molecule has 0 bridgehead atoms. The lowest BCUT2D eigenvalue weighted by Crippen LogP contribution is -2.32. The van der Waals surface area contributed by atoms with Gasteiger partial charge in [0.05, 0.1) is 12.2 Å². The maximum Gasteiger partial charge on any atom is 0.245 e. The van der Waals surface area contributed by atoms with E-state index in [0.29, 0.717) is 13.0 Å². The number of nitrogens with zero attached hydrogens (tertiary/aromatic N) is 3. The molecule has 0 radical (unpaired) electrons. The third kappa shape index (κ3) is 3.71. The number of hydrogen-bond acceptors (Lipinski definition) is 4. The standard InChI is InChI=1S/C18H20N4OS/c1-3-16(22-9-5-8-20-22)17(23)19-11-15-12-24-18(21-15)14-7-4-6-13(2)10-14/h4-10,12,16H,3,11H2,1-2H3,(H,19,23)/t16-/m1/s1. The highest BCUT2D eigenvalue weighted by atomic mass is 32.1. The molecule has 6 heteroatoms. The van der Waals surface area contributed by atoms with Crippen molar-refractivity contribution in [3.8, 4) is 10.6 Å². The summed E-state index contributed by atoms with van der Waals surface area (Å²) in [6.45, 7) is 4.47. The van der Waals surface area contributed by atoms with Gasteiger partial charge in [-0.1, -0.05) is 30.7 Å². The second kappa shape index (κ2) is 7.40. The molecule has 1 atom stereocenters. The first kappa shape index (κ1) is 16.4. The molecule has 0 saturated heterocycles. The van der Waals surface area contributed by atoms with Gasteiger partial charge in [-0.25, -0.2) is 4.98 Å². The fraction of sp³-hybridized carbons (Fsp3) is 0.278. The average molecular weight is 340 g/mol. The van der Waals surface area contributed by atoms with Crippen LogP contribution in [-0.2, 0) is 11.3 Å². The van der Waals surface area contributed by atoms with E-state index in [9.17, 15) is 4.79 Å². The van der Waals surface area contributed by atoms with Crippen molar-refractivity contribution < 1.29 is 4.79 Å². The highest BCUT2D eigenvalue weighted by molar-refractivity contribution is 7.13. The van der Waals surface area contributed by atoms with Crippen LogP contribution >= 0.6 is 11.3 Å². The summed E-state index contributed by atoms with van der Waals surface area (Å²) in [5, 5.41) is 10.1. The molecule has 0 aliphatic heterocycles. The van der Waals surface area contributed by atoms with Gasteiger partial charge in [0, 0.05) is 23.3 Å². The summed E-state index contributed by atoms with van der Waals surface area (Å²) < 4.78 is 1.69. The number of thiazole rings is 1. The van der Waals surface area contributed by atoms with Crippen molar-refractivity contribution in [2.45, 2.75) is 32.9 Å². The first-order chi connectivity index (χ1) is 11.7. The molecule has 0 saturated carbocycles. The maximum atomic E-state index is 12.4. The number of rotatable bonds is 6. The average Bonchev–Trinajstić information content (AvgIpc) is 3.26. The summed E-state index contributed by atoms with van der Waals surface area (Å²) in [5.74, 6) is -0.0358. The van der Waals surface area contributed by atoms with Gasteiger partial charge in [0.2, 0.25) is 5.91 Å². The zero-order valence-electron chi connectivity index (χ0n) is 13.8. The van der Waals surface area contributed by atoms with E-state index in [1.165, 1.54) is 5.56 Å². The zero-order valence-corrected chi connectivity index (χ0v) is 14.6. The molecule has 124 valence electrons. The van der Waals surface area contributed by atoms with Crippen LogP contribution in [0.15, 0.2) is 48.1 Å². The molecular formula is C18H20N4OS. The minimum Gasteiger partial charge on any atom is -0.349 e. The van der Waals surface area contributed by atoms with Gasteiger partial charge in [0.1, 0.15) is 11.0 Å². The van der Waals surface area contributed by atoms with Crippen LogP contribution in [0.3, 0.4) is 0 Å². The zero-order chi connectivity index (χ0) is 16.9. The van der Waals surface area contributed by atoms with Crippen LogP contribution in [0.4, 0.5) is 0 Å². The molecule has 0 spiro atoms. The van der Waals surface area contributed by atoms with Crippen LogP contribution in [0.2, 0.25) is 0 Å². The van der Waals surface area contributed by atoms with E-state index in [4.69, 9.17) is 0 Å². The van der Waals surface area contributed by atoms with E-state index in [1.807, 2.05) is 30.6 Å². The van der Waals surface area contributed by atoms with E-state index in [0.717, 1.165) is 16.3 Å². The van der Waals surface area contributed by atoms with E-state index in [2.05, 4.69) is 40.5 Å². The molecule has 0 unspecified atom stereocenters. The summed E-state index contributed by atoms with van der Waals surface area (Å²) in [4.78, 5) is 17.0. The Morgan fingerprint density at radius 2 is 2.25 bits per heavy atom. The van der Waals surface area contributed by atoms with Gasteiger partial charge in [-0.05, 0) is 25.5 Å². The van der Waals surface area contributed by atoms with Gasteiger partial charge < -0.3 is 5.32 Å². The molecule has 2 heterocycles. The molecule has 0 aliphatic rings. The van der Waals surface area contributed by atoms with Gasteiger partial charge >= 0.3 is 0 Å². The summed E-state index contributed by atoms with van der Waals surface area (Å²) in [6.07, 6.45) is 4.19. The van der Waals surface area contributed by atoms with Crippen molar-refractivity contribution in [3.05, 3.63) is 59.4 Å². The predicted molar refractivity (Wildman–Crippen MR) is 95.7 cm³/mol. The molecule has 2 aromatic heterocycles. The number of benzene rings is 1. The fourth-order valence-corrected chi connectivity index (χ4v) is 3.37. The second-order valence-electron chi connectivity index (χ2n) is 5.64. The Hall–Kier alpha value is -2.47. The van der Waals surface area contributed by atoms with Gasteiger partial charge in [0.25, 0.3) is 0 Å². The second-order valence-corrected chi connectivity index (χ2v) is 6.50. The lowest BCUT2D eigenvalue weighted by atomic mass is 10.1. The number of aromatic nitrogens is 3. The number of amides is 1. The highest BCUT2D eigenvalue weighted by Gasteiger charge is 2.18. The third-order valence-electron chi connectivity index (χ3n) is 3.79. The molecule has 24 heavy (non-hydrogen) atoms. The molecular weight excluding hydrogens is 320 g/mol. The third-order valence-corrected chi connectivity index (χ3v) is 4.73. The van der Waals surface area contributed by atoms with Crippen LogP contribution in [0.1, 0.15) is 30.6 Å². The molecule has 3 rings (SSSR count).